The molecule has 4 rings (SSSR count). The number of hydrogen-bond donors (Lipinski definition) is 1. The number of amides is 1. The zero-order valence-corrected chi connectivity index (χ0v) is 20.0. The number of benzene rings is 1. The number of carbonyl (C=O) groups excluding carboxylic acids is 1. The molecule has 2 aliphatic heterocycles. The van der Waals surface area contributed by atoms with Gasteiger partial charge in [0, 0.05) is 25.1 Å². The molecule has 1 fully saturated rings. The highest BCUT2D eigenvalue weighted by molar-refractivity contribution is 8.00. The third kappa shape index (κ3) is 5.24. The first-order chi connectivity index (χ1) is 15.9. The van der Waals surface area contributed by atoms with Crippen molar-refractivity contribution >= 4 is 29.2 Å². The Bertz CT molecular complexity index is 1080. The van der Waals surface area contributed by atoms with E-state index >= 15 is 0 Å². The Kier molecular flexibility index (Phi) is 7.08. The molecular weight excluding hydrogens is 440 g/mol. The molecule has 3 heterocycles. The highest BCUT2D eigenvalue weighted by atomic mass is 32.2. The third-order valence-electron chi connectivity index (χ3n) is 5.71. The molecule has 0 saturated carbocycles. The van der Waals surface area contributed by atoms with E-state index in [1.807, 2.05) is 26.0 Å². The van der Waals surface area contributed by atoms with Crippen molar-refractivity contribution in [1.82, 2.24) is 4.98 Å². The minimum Gasteiger partial charge on any atom is -0.495 e. The van der Waals surface area contributed by atoms with Gasteiger partial charge in [-0.2, -0.15) is 5.26 Å². The first-order valence-corrected chi connectivity index (χ1v) is 11.9. The second-order valence-corrected chi connectivity index (χ2v) is 9.51. The summed E-state index contributed by atoms with van der Waals surface area (Å²) < 4.78 is 16.9. The number of anilines is 2. The molecule has 2 aliphatic rings. The van der Waals surface area contributed by atoms with Gasteiger partial charge in [-0.25, -0.2) is 4.98 Å². The summed E-state index contributed by atoms with van der Waals surface area (Å²) in [5.74, 6) is 1.36. The summed E-state index contributed by atoms with van der Waals surface area (Å²) in [6.07, 6.45) is 0.617. The van der Waals surface area contributed by atoms with Gasteiger partial charge in [-0.15, -0.1) is 0 Å². The Morgan fingerprint density at radius 3 is 2.79 bits per heavy atom. The van der Waals surface area contributed by atoms with Gasteiger partial charge < -0.3 is 24.4 Å². The van der Waals surface area contributed by atoms with Crippen molar-refractivity contribution < 1.29 is 19.0 Å². The SMILES string of the molecule is COc1ccccc1NC(=O)CSc1nc(N2CCOCC2)c2c(c1C#N)CC(C)(C)OC2. The largest absolute Gasteiger partial charge is 0.495 e. The summed E-state index contributed by atoms with van der Waals surface area (Å²) in [6.45, 7) is 7.19. The molecule has 174 valence electrons. The monoisotopic (exact) mass is 468 g/mol. The molecule has 0 bridgehead atoms. The fraction of sp³-hybridized carbons (Fsp3) is 0.458. The molecule has 8 nitrogen and oxygen atoms in total. The number of aromatic nitrogens is 1. The number of nitrogens with zero attached hydrogens (tertiary/aromatic N) is 3. The highest BCUT2D eigenvalue weighted by Crippen LogP contribution is 2.38. The number of ether oxygens (including phenoxy) is 3. The molecule has 1 aromatic carbocycles. The second-order valence-electron chi connectivity index (χ2n) is 8.55. The zero-order chi connectivity index (χ0) is 23.4. The number of carbonyl (C=O) groups is 1. The maximum absolute atomic E-state index is 12.7. The van der Waals surface area contributed by atoms with Gasteiger partial charge in [0.15, 0.2) is 0 Å². The van der Waals surface area contributed by atoms with Crippen LogP contribution >= 0.6 is 11.8 Å². The first kappa shape index (κ1) is 23.4. The van der Waals surface area contributed by atoms with E-state index in [-0.39, 0.29) is 17.3 Å². The fourth-order valence-corrected chi connectivity index (χ4v) is 4.85. The topological polar surface area (TPSA) is 96.7 Å². The van der Waals surface area contributed by atoms with E-state index in [2.05, 4.69) is 16.3 Å². The predicted molar refractivity (Wildman–Crippen MR) is 127 cm³/mol. The average molecular weight is 469 g/mol. The van der Waals surface area contributed by atoms with Crippen molar-refractivity contribution in [3.63, 3.8) is 0 Å². The number of nitrogens with one attached hydrogen (secondary N) is 1. The Morgan fingerprint density at radius 1 is 1.30 bits per heavy atom. The van der Waals surface area contributed by atoms with Crippen molar-refractivity contribution in [3.05, 3.63) is 41.0 Å². The van der Waals surface area contributed by atoms with Gasteiger partial charge in [0.25, 0.3) is 0 Å². The van der Waals surface area contributed by atoms with Crippen LogP contribution in [0, 0.1) is 11.3 Å². The molecule has 9 heteroatoms. The molecule has 0 spiro atoms. The maximum Gasteiger partial charge on any atom is 0.234 e. The van der Waals surface area contributed by atoms with E-state index in [0.717, 1.165) is 30.0 Å². The number of para-hydroxylation sites is 2. The molecule has 1 aromatic heterocycles. The Hall–Kier alpha value is -2.80. The van der Waals surface area contributed by atoms with E-state index in [4.69, 9.17) is 19.2 Å². The molecule has 0 unspecified atom stereocenters. The Labute approximate surface area is 198 Å². The van der Waals surface area contributed by atoms with Crippen LogP contribution in [0.25, 0.3) is 0 Å². The van der Waals surface area contributed by atoms with Gasteiger partial charge in [-0.3, -0.25) is 4.79 Å². The van der Waals surface area contributed by atoms with Crippen LogP contribution in [-0.4, -0.2) is 55.7 Å². The highest BCUT2D eigenvalue weighted by Gasteiger charge is 2.33. The van der Waals surface area contributed by atoms with Gasteiger partial charge in [0.05, 0.1) is 49.5 Å². The van der Waals surface area contributed by atoms with Gasteiger partial charge in [-0.05, 0) is 31.5 Å². The number of hydrogen-bond acceptors (Lipinski definition) is 8. The molecule has 0 atom stereocenters. The Morgan fingerprint density at radius 2 is 2.06 bits per heavy atom. The van der Waals surface area contributed by atoms with Crippen molar-refractivity contribution in [2.75, 3.05) is 49.4 Å². The lowest BCUT2D eigenvalue weighted by Gasteiger charge is -2.36. The summed E-state index contributed by atoms with van der Waals surface area (Å²) in [4.78, 5) is 19.7. The smallest absolute Gasteiger partial charge is 0.234 e. The minimum absolute atomic E-state index is 0.126. The van der Waals surface area contributed by atoms with Crippen LogP contribution in [0.5, 0.6) is 5.75 Å². The average Bonchev–Trinajstić information content (AvgIpc) is 2.82. The molecule has 2 aromatic rings. The molecule has 1 saturated heterocycles. The fourth-order valence-electron chi connectivity index (χ4n) is 4.05. The van der Waals surface area contributed by atoms with Crippen molar-refractivity contribution in [1.29, 1.82) is 5.26 Å². The van der Waals surface area contributed by atoms with Crippen LogP contribution < -0.4 is 15.0 Å². The first-order valence-electron chi connectivity index (χ1n) is 10.9. The van der Waals surface area contributed by atoms with E-state index in [9.17, 15) is 10.1 Å². The van der Waals surface area contributed by atoms with E-state index in [0.29, 0.717) is 48.3 Å². The second kappa shape index (κ2) is 10.00. The number of morpholine rings is 1. The lowest BCUT2D eigenvalue weighted by Crippen LogP contribution is -2.39. The summed E-state index contributed by atoms with van der Waals surface area (Å²) in [6, 6.07) is 9.61. The summed E-state index contributed by atoms with van der Waals surface area (Å²) in [5, 5.41) is 13.5. The summed E-state index contributed by atoms with van der Waals surface area (Å²) in [5.41, 5.74) is 2.71. The van der Waals surface area contributed by atoms with Crippen LogP contribution in [0.1, 0.15) is 30.5 Å². The van der Waals surface area contributed by atoms with Gasteiger partial charge in [-0.1, -0.05) is 23.9 Å². The van der Waals surface area contributed by atoms with Crippen LogP contribution in [0.3, 0.4) is 0 Å². The minimum atomic E-state index is -0.370. The summed E-state index contributed by atoms with van der Waals surface area (Å²) >= 11 is 1.28. The standard InChI is InChI=1S/C24H28N4O4S/c1-24(2)12-16-17(13-25)23(27-22(18(16)14-32-24)28-8-10-31-11-9-28)33-15-21(29)26-19-6-4-5-7-20(19)30-3/h4-7H,8-12,14-15H2,1-3H3,(H,26,29). The van der Waals surface area contributed by atoms with Gasteiger partial charge in [0.2, 0.25) is 5.91 Å². The summed E-state index contributed by atoms with van der Waals surface area (Å²) in [7, 11) is 1.56. The molecule has 33 heavy (non-hydrogen) atoms. The number of thioether (sulfide) groups is 1. The number of nitriles is 1. The lowest BCUT2D eigenvalue weighted by molar-refractivity contribution is -0.113. The predicted octanol–water partition coefficient (Wildman–Crippen LogP) is 3.38. The van der Waals surface area contributed by atoms with Crippen molar-refractivity contribution in [3.8, 4) is 11.8 Å². The van der Waals surface area contributed by atoms with Gasteiger partial charge in [0.1, 0.15) is 22.7 Å². The molecule has 0 radical (unpaired) electrons. The van der Waals surface area contributed by atoms with Gasteiger partial charge >= 0.3 is 0 Å². The lowest BCUT2D eigenvalue weighted by atomic mass is 9.89. The van der Waals surface area contributed by atoms with E-state index in [1.165, 1.54) is 11.8 Å². The number of fused-ring (bicyclic) bond motifs is 1. The number of rotatable bonds is 6. The number of methoxy groups -OCH3 is 1. The van der Waals surface area contributed by atoms with Crippen molar-refractivity contribution in [2.45, 2.75) is 37.5 Å². The molecule has 0 aliphatic carbocycles. The van der Waals surface area contributed by atoms with E-state index in [1.54, 1.807) is 19.2 Å². The molecule has 1 N–H and O–H groups in total. The maximum atomic E-state index is 12.7. The van der Waals surface area contributed by atoms with Crippen LogP contribution in [-0.2, 0) is 27.3 Å². The number of pyridine rings is 1. The molecular formula is C24H28N4O4S. The van der Waals surface area contributed by atoms with E-state index < -0.39 is 0 Å². The molecule has 1 amide bonds. The van der Waals surface area contributed by atoms with Crippen LogP contribution in [0.4, 0.5) is 11.5 Å². The Balaban J connectivity index is 1.61. The van der Waals surface area contributed by atoms with Crippen LogP contribution in [0.2, 0.25) is 0 Å². The third-order valence-corrected chi connectivity index (χ3v) is 6.69. The normalized spacial score (nSPS) is 17.1. The quantitative estimate of drug-likeness (QED) is 0.645. The van der Waals surface area contributed by atoms with Crippen LogP contribution in [0.15, 0.2) is 29.3 Å². The van der Waals surface area contributed by atoms with Crippen molar-refractivity contribution in [2.24, 2.45) is 0 Å². The zero-order valence-electron chi connectivity index (χ0n) is 19.1.